The Morgan fingerprint density at radius 3 is 2.62 bits per heavy atom. The van der Waals surface area contributed by atoms with Crippen LogP contribution in [-0.4, -0.2) is 24.0 Å². The lowest BCUT2D eigenvalue weighted by Crippen LogP contribution is -2.29. The monoisotopic (exact) mass is 328 g/mol. The molecule has 0 heterocycles. The van der Waals surface area contributed by atoms with Gasteiger partial charge in [-0.2, -0.15) is 0 Å². The van der Waals surface area contributed by atoms with E-state index in [0.717, 1.165) is 11.3 Å². The van der Waals surface area contributed by atoms with Gasteiger partial charge in [0, 0.05) is 11.6 Å². The molecule has 0 spiro atoms. The van der Waals surface area contributed by atoms with Gasteiger partial charge in [-0.15, -0.1) is 0 Å². The number of nitrogens with one attached hydrogen (secondary N) is 1. The number of nitro groups is 1. The maximum atomic E-state index is 11.9. The summed E-state index contributed by atoms with van der Waals surface area (Å²) in [6, 6.07) is 12.1. The molecule has 6 nitrogen and oxygen atoms in total. The molecule has 0 aliphatic carbocycles. The van der Waals surface area contributed by atoms with E-state index in [9.17, 15) is 14.9 Å². The molecule has 0 aromatic heterocycles. The molecule has 0 radical (unpaired) electrons. The predicted molar refractivity (Wildman–Crippen MR) is 91.2 cm³/mol. The first-order chi connectivity index (χ1) is 11.5. The Labute approximate surface area is 140 Å². The predicted octanol–water partition coefficient (Wildman–Crippen LogP) is 2.95. The fourth-order valence-electron chi connectivity index (χ4n) is 2.24. The SMILES string of the molecule is Cc1ccc(OCCNC(=O)Cc2ccccc2[N+](=O)[O-])cc1C. The summed E-state index contributed by atoms with van der Waals surface area (Å²) in [5.41, 5.74) is 2.70. The molecule has 1 amide bonds. The standard InChI is InChI=1S/C18H20N2O4/c1-13-7-8-16(11-14(13)2)24-10-9-19-18(21)12-15-5-3-4-6-17(15)20(22)23/h3-8,11H,9-10,12H2,1-2H3,(H,19,21). The van der Waals surface area contributed by atoms with Gasteiger partial charge < -0.3 is 10.1 Å². The summed E-state index contributed by atoms with van der Waals surface area (Å²) < 4.78 is 5.58. The van der Waals surface area contributed by atoms with E-state index in [4.69, 9.17) is 4.74 Å². The molecule has 6 heteroatoms. The third kappa shape index (κ3) is 4.81. The van der Waals surface area contributed by atoms with E-state index in [2.05, 4.69) is 5.32 Å². The van der Waals surface area contributed by atoms with E-state index >= 15 is 0 Å². The number of aryl methyl sites for hydroxylation is 2. The molecule has 2 aromatic carbocycles. The van der Waals surface area contributed by atoms with Crippen LogP contribution in [-0.2, 0) is 11.2 Å². The van der Waals surface area contributed by atoms with Gasteiger partial charge in [-0.05, 0) is 37.1 Å². The van der Waals surface area contributed by atoms with Crippen molar-refractivity contribution in [3.05, 3.63) is 69.3 Å². The van der Waals surface area contributed by atoms with Crippen molar-refractivity contribution in [3.8, 4) is 5.75 Å². The molecule has 0 unspecified atom stereocenters. The number of ether oxygens (including phenoxy) is 1. The van der Waals surface area contributed by atoms with Crippen molar-refractivity contribution in [2.24, 2.45) is 0 Å². The zero-order chi connectivity index (χ0) is 17.5. The summed E-state index contributed by atoms with van der Waals surface area (Å²) >= 11 is 0. The molecule has 0 saturated carbocycles. The second-order valence-corrected chi connectivity index (χ2v) is 5.51. The Balaban J connectivity index is 1.79. The van der Waals surface area contributed by atoms with E-state index in [0.29, 0.717) is 18.7 Å². The molecule has 24 heavy (non-hydrogen) atoms. The fraction of sp³-hybridized carbons (Fsp3) is 0.278. The van der Waals surface area contributed by atoms with Crippen LogP contribution in [0.15, 0.2) is 42.5 Å². The molecule has 2 aromatic rings. The highest BCUT2D eigenvalue weighted by Gasteiger charge is 2.15. The van der Waals surface area contributed by atoms with Gasteiger partial charge >= 0.3 is 0 Å². The van der Waals surface area contributed by atoms with Crippen LogP contribution in [0.3, 0.4) is 0 Å². The van der Waals surface area contributed by atoms with Crippen molar-refractivity contribution < 1.29 is 14.5 Å². The average molecular weight is 328 g/mol. The maximum absolute atomic E-state index is 11.9. The first kappa shape index (κ1) is 17.5. The third-order valence-electron chi connectivity index (χ3n) is 3.71. The fourth-order valence-corrected chi connectivity index (χ4v) is 2.24. The normalized spacial score (nSPS) is 10.2. The van der Waals surface area contributed by atoms with Gasteiger partial charge in [0.05, 0.1) is 17.9 Å². The number of rotatable bonds is 7. The van der Waals surface area contributed by atoms with Crippen LogP contribution in [0, 0.1) is 24.0 Å². The van der Waals surface area contributed by atoms with Crippen molar-refractivity contribution >= 4 is 11.6 Å². The van der Waals surface area contributed by atoms with E-state index in [-0.39, 0.29) is 18.0 Å². The van der Waals surface area contributed by atoms with Crippen molar-refractivity contribution in [1.82, 2.24) is 5.32 Å². The Morgan fingerprint density at radius 2 is 1.92 bits per heavy atom. The number of carbonyl (C=O) groups is 1. The Kier molecular flexibility index (Phi) is 5.89. The maximum Gasteiger partial charge on any atom is 0.273 e. The van der Waals surface area contributed by atoms with E-state index in [1.165, 1.54) is 11.6 Å². The van der Waals surface area contributed by atoms with Gasteiger partial charge in [-0.1, -0.05) is 24.3 Å². The van der Waals surface area contributed by atoms with Crippen molar-refractivity contribution in [1.29, 1.82) is 0 Å². The van der Waals surface area contributed by atoms with Crippen LogP contribution in [0.2, 0.25) is 0 Å². The van der Waals surface area contributed by atoms with Gasteiger partial charge in [-0.25, -0.2) is 0 Å². The van der Waals surface area contributed by atoms with Crippen molar-refractivity contribution in [2.75, 3.05) is 13.2 Å². The van der Waals surface area contributed by atoms with Gasteiger partial charge in [0.2, 0.25) is 5.91 Å². The molecule has 126 valence electrons. The highest BCUT2D eigenvalue weighted by molar-refractivity contribution is 5.79. The second kappa shape index (κ2) is 8.10. The number of hydrogen-bond donors (Lipinski definition) is 1. The zero-order valence-electron chi connectivity index (χ0n) is 13.7. The Hall–Kier alpha value is -2.89. The van der Waals surface area contributed by atoms with Crippen LogP contribution >= 0.6 is 0 Å². The summed E-state index contributed by atoms with van der Waals surface area (Å²) in [7, 11) is 0. The summed E-state index contributed by atoms with van der Waals surface area (Å²) in [6.07, 6.45) is -0.0270. The van der Waals surface area contributed by atoms with Gasteiger partial charge in [0.15, 0.2) is 0 Å². The van der Waals surface area contributed by atoms with Crippen LogP contribution in [0.5, 0.6) is 5.75 Å². The summed E-state index contributed by atoms with van der Waals surface area (Å²) in [5.74, 6) is 0.485. The van der Waals surface area contributed by atoms with Crippen LogP contribution in [0.1, 0.15) is 16.7 Å². The lowest BCUT2D eigenvalue weighted by atomic mass is 10.1. The second-order valence-electron chi connectivity index (χ2n) is 5.51. The Morgan fingerprint density at radius 1 is 1.17 bits per heavy atom. The van der Waals surface area contributed by atoms with E-state index < -0.39 is 4.92 Å². The van der Waals surface area contributed by atoms with Crippen LogP contribution in [0.4, 0.5) is 5.69 Å². The molecule has 1 N–H and O–H groups in total. The van der Waals surface area contributed by atoms with Crippen LogP contribution < -0.4 is 10.1 Å². The first-order valence-corrected chi connectivity index (χ1v) is 7.66. The zero-order valence-corrected chi connectivity index (χ0v) is 13.7. The number of hydrogen-bond acceptors (Lipinski definition) is 4. The largest absolute Gasteiger partial charge is 0.492 e. The van der Waals surface area contributed by atoms with Gasteiger partial charge in [0.25, 0.3) is 5.69 Å². The lowest BCUT2D eigenvalue weighted by Gasteiger charge is -2.09. The number of para-hydroxylation sites is 1. The average Bonchev–Trinajstić information content (AvgIpc) is 2.55. The molecule has 2 rings (SSSR count). The number of benzene rings is 2. The van der Waals surface area contributed by atoms with Gasteiger partial charge in [0.1, 0.15) is 12.4 Å². The molecule has 0 fully saturated rings. The smallest absolute Gasteiger partial charge is 0.273 e. The minimum absolute atomic E-state index is 0.0270. The number of amides is 1. The summed E-state index contributed by atoms with van der Waals surface area (Å²) in [4.78, 5) is 22.4. The molecule has 0 aliphatic rings. The minimum atomic E-state index is -0.481. The van der Waals surface area contributed by atoms with E-state index in [1.54, 1.807) is 18.2 Å². The van der Waals surface area contributed by atoms with E-state index in [1.807, 2.05) is 32.0 Å². The number of nitrogens with zero attached hydrogens (tertiary/aromatic N) is 1. The highest BCUT2D eigenvalue weighted by atomic mass is 16.6. The minimum Gasteiger partial charge on any atom is -0.492 e. The number of carbonyl (C=O) groups excluding carboxylic acids is 1. The third-order valence-corrected chi connectivity index (χ3v) is 3.71. The summed E-state index contributed by atoms with van der Waals surface area (Å²) in [6.45, 7) is 4.72. The lowest BCUT2D eigenvalue weighted by molar-refractivity contribution is -0.385. The van der Waals surface area contributed by atoms with Crippen LogP contribution in [0.25, 0.3) is 0 Å². The summed E-state index contributed by atoms with van der Waals surface area (Å²) in [5, 5.41) is 13.6. The molecule has 0 aliphatic heterocycles. The quantitative estimate of drug-likeness (QED) is 0.481. The molecular formula is C18H20N2O4. The molecule has 0 bridgehead atoms. The Bertz CT molecular complexity index is 744. The van der Waals surface area contributed by atoms with Gasteiger partial charge in [-0.3, -0.25) is 14.9 Å². The van der Waals surface area contributed by atoms with Crippen molar-refractivity contribution in [2.45, 2.75) is 20.3 Å². The topological polar surface area (TPSA) is 81.5 Å². The highest BCUT2D eigenvalue weighted by Crippen LogP contribution is 2.18. The molecular weight excluding hydrogens is 308 g/mol. The molecule has 0 atom stereocenters. The molecule has 0 saturated heterocycles. The first-order valence-electron chi connectivity index (χ1n) is 7.66. The number of nitro benzene ring substituents is 1. The van der Waals surface area contributed by atoms with Crippen molar-refractivity contribution in [3.63, 3.8) is 0 Å².